The maximum absolute atomic E-state index is 10.7. The first-order chi connectivity index (χ1) is 12.5. The van der Waals surface area contributed by atoms with E-state index < -0.39 is 4.92 Å². The van der Waals surface area contributed by atoms with Crippen LogP contribution in [0.15, 0.2) is 67.0 Å². The molecule has 0 aliphatic heterocycles. The molecule has 0 spiro atoms. The van der Waals surface area contributed by atoms with Crippen LogP contribution in [-0.2, 0) is 6.54 Å². The van der Waals surface area contributed by atoms with Gasteiger partial charge in [-0.25, -0.2) is 4.68 Å². The van der Waals surface area contributed by atoms with Crippen LogP contribution in [0.4, 0.5) is 11.4 Å². The molecule has 1 N–H and O–H groups in total. The molecule has 132 valence electrons. The van der Waals surface area contributed by atoms with Crippen LogP contribution in [0.5, 0.6) is 0 Å². The number of nitro benzene ring substituents is 1. The first-order valence-electron chi connectivity index (χ1n) is 7.88. The van der Waals surface area contributed by atoms with Crippen LogP contribution in [0, 0.1) is 10.1 Å². The lowest BCUT2D eigenvalue weighted by atomic mass is 10.3. The minimum Gasteiger partial charge on any atom is -0.348 e. The summed E-state index contributed by atoms with van der Waals surface area (Å²) >= 11 is 5.40. The Morgan fingerprint density at radius 1 is 1.23 bits per heavy atom. The lowest BCUT2D eigenvalue weighted by Crippen LogP contribution is -2.30. The summed E-state index contributed by atoms with van der Waals surface area (Å²) < 4.78 is 1.82. The number of nitrogens with zero attached hydrogens (tertiary/aromatic N) is 4. The third-order valence-electron chi connectivity index (χ3n) is 3.75. The zero-order chi connectivity index (χ0) is 18.5. The maximum Gasteiger partial charge on any atom is 0.269 e. The number of para-hydroxylation sites is 1. The van der Waals surface area contributed by atoms with Crippen molar-refractivity contribution in [3.05, 3.63) is 82.7 Å². The Morgan fingerprint density at radius 3 is 2.58 bits per heavy atom. The number of hydrogen-bond acceptors (Lipinski definition) is 4. The smallest absolute Gasteiger partial charge is 0.269 e. The number of rotatable bonds is 5. The number of nitro groups is 1. The van der Waals surface area contributed by atoms with Crippen molar-refractivity contribution in [1.82, 2.24) is 14.7 Å². The van der Waals surface area contributed by atoms with Crippen molar-refractivity contribution in [2.45, 2.75) is 6.54 Å². The fraction of sp³-hybridized carbons (Fsp3) is 0.111. The van der Waals surface area contributed by atoms with Gasteiger partial charge in [-0.3, -0.25) is 10.1 Å². The lowest BCUT2D eigenvalue weighted by molar-refractivity contribution is -0.384. The molecule has 0 aliphatic carbocycles. The highest BCUT2D eigenvalue weighted by Gasteiger charge is 2.09. The minimum absolute atomic E-state index is 0.0446. The number of anilines is 1. The molecular formula is C18H17N5O2S. The largest absolute Gasteiger partial charge is 0.348 e. The van der Waals surface area contributed by atoms with Gasteiger partial charge in [-0.15, -0.1) is 0 Å². The molecule has 3 aromatic rings. The van der Waals surface area contributed by atoms with E-state index >= 15 is 0 Å². The molecule has 0 saturated heterocycles. The molecule has 0 radical (unpaired) electrons. The van der Waals surface area contributed by atoms with E-state index in [1.807, 2.05) is 53.2 Å². The van der Waals surface area contributed by atoms with Crippen LogP contribution < -0.4 is 5.32 Å². The van der Waals surface area contributed by atoms with E-state index in [1.54, 1.807) is 18.3 Å². The van der Waals surface area contributed by atoms with Gasteiger partial charge in [0.1, 0.15) is 0 Å². The molecule has 0 aliphatic rings. The van der Waals surface area contributed by atoms with Gasteiger partial charge in [0.25, 0.3) is 5.69 Å². The Balaban J connectivity index is 1.61. The van der Waals surface area contributed by atoms with Gasteiger partial charge in [0.05, 0.1) is 16.8 Å². The number of thiocarbonyl (C=S) groups is 1. The monoisotopic (exact) mass is 367 g/mol. The number of aromatic nitrogens is 2. The minimum atomic E-state index is -0.432. The molecule has 0 saturated carbocycles. The average molecular weight is 367 g/mol. The molecule has 26 heavy (non-hydrogen) atoms. The Labute approximate surface area is 156 Å². The Kier molecular flexibility index (Phi) is 5.23. The maximum atomic E-state index is 10.7. The van der Waals surface area contributed by atoms with Gasteiger partial charge in [0.2, 0.25) is 0 Å². The number of non-ortho nitro benzene ring substituents is 1. The summed E-state index contributed by atoms with van der Waals surface area (Å²) in [5.41, 5.74) is 2.76. The first kappa shape index (κ1) is 17.6. The second-order valence-electron chi connectivity index (χ2n) is 5.72. The standard InChI is InChI=1S/C18H17N5O2S/c1-21(18(26)20-15-7-9-17(10-8-15)23(24)25)12-14-11-19-22(13-14)16-5-3-2-4-6-16/h2-11,13H,12H2,1H3,(H,20,26). The van der Waals surface area contributed by atoms with Crippen LogP contribution in [0.1, 0.15) is 5.56 Å². The summed E-state index contributed by atoms with van der Waals surface area (Å²) in [7, 11) is 1.88. The molecule has 3 rings (SSSR count). The average Bonchev–Trinajstić information content (AvgIpc) is 3.11. The van der Waals surface area contributed by atoms with Gasteiger partial charge in [-0.2, -0.15) is 5.10 Å². The fourth-order valence-corrected chi connectivity index (χ4v) is 2.58. The van der Waals surface area contributed by atoms with E-state index in [0.717, 1.165) is 11.3 Å². The molecule has 2 aromatic carbocycles. The van der Waals surface area contributed by atoms with Crippen molar-refractivity contribution in [2.75, 3.05) is 12.4 Å². The third-order valence-corrected chi connectivity index (χ3v) is 4.17. The number of hydrogen-bond donors (Lipinski definition) is 1. The summed E-state index contributed by atoms with van der Waals surface area (Å²) in [5, 5.41) is 18.7. The SMILES string of the molecule is CN(Cc1cnn(-c2ccccc2)c1)C(=S)Nc1ccc([N+](=O)[O-])cc1. The zero-order valence-electron chi connectivity index (χ0n) is 14.1. The van der Waals surface area contributed by atoms with Crippen LogP contribution in [0.3, 0.4) is 0 Å². The highest BCUT2D eigenvalue weighted by atomic mass is 32.1. The van der Waals surface area contributed by atoms with Crippen molar-refractivity contribution in [1.29, 1.82) is 0 Å². The summed E-state index contributed by atoms with van der Waals surface area (Å²) in [6.07, 6.45) is 3.76. The lowest BCUT2D eigenvalue weighted by Gasteiger charge is -2.20. The van der Waals surface area contributed by atoms with Gasteiger partial charge in [0, 0.05) is 43.2 Å². The van der Waals surface area contributed by atoms with Crippen molar-refractivity contribution in [2.24, 2.45) is 0 Å². The Morgan fingerprint density at radius 2 is 1.92 bits per heavy atom. The van der Waals surface area contributed by atoms with Crippen molar-refractivity contribution in [3.8, 4) is 5.69 Å². The van der Waals surface area contributed by atoms with Crippen LogP contribution in [0.25, 0.3) is 5.69 Å². The fourth-order valence-electron chi connectivity index (χ4n) is 2.39. The van der Waals surface area contributed by atoms with Crippen LogP contribution in [0.2, 0.25) is 0 Å². The first-order valence-corrected chi connectivity index (χ1v) is 8.29. The summed E-state index contributed by atoms with van der Waals surface area (Å²) in [6, 6.07) is 16.0. The predicted molar refractivity (Wildman–Crippen MR) is 104 cm³/mol. The second kappa shape index (κ2) is 7.75. The van der Waals surface area contributed by atoms with Gasteiger partial charge in [0.15, 0.2) is 5.11 Å². The molecule has 0 amide bonds. The third kappa shape index (κ3) is 4.22. The predicted octanol–water partition coefficient (Wildman–Crippen LogP) is 3.61. The van der Waals surface area contributed by atoms with E-state index in [0.29, 0.717) is 17.3 Å². The van der Waals surface area contributed by atoms with Gasteiger partial charge in [-0.1, -0.05) is 18.2 Å². The normalized spacial score (nSPS) is 10.3. The summed E-state index contributed by atoms with van der Waals surface area (Å²) in [6.45, 7) is 0.589. The molecular weight excluding hydrogens is 350 g/mol. The highest BCUT2D eigenvalue weighted by molar-refractivity contribution is 7.80. The van der Waals surface area contributed by atoms with Gasteiger partial charge in [-0.05, 0) is 36.5 Å². The van der Waals surface area contributed by atoms with Crippen molar-refractivity contribution < 1.29 is 4.92 Å². The van der Waals surface area contributed by atoms with E-state index in [-0.39, 0.29) is 5.69 Å². The van der Waals surface area contributed by atoms with Crippen molar-refractivity contribution in [3.63, 3.8) is 0 Å². The molecule has 0 atom stereocenters. The number of benzene rings is 2. The summed E-state index contributed by atoms with van der Waals surface area (Å²) in [5.74, 6) is 0. The summed E-state index contributed by atoms with van der Waals surface area (Å²) in [4.78, 5) is 12.1. The molecule has 0 fully saturated rings. The Bertz CT molecular complexity index is 909. The van der Waals surface area contributed by atoms with E-state index in [2.05, 4.69) is 10.4 Å². The molecule has 0 bridgehead atoms. The van der Waals surface area contributed by atoms with E-state index in [1.165, 1.54) is 12.1 Å². The number of nitrogens with one attached hydrogen (secondary N) is 1. The zero-order valence-corrected chi connectivity index (χ0v) is 14.9. The Hall–Kier alpha value is -3.26. The molecule has 0 unspecified atom stereocenters. The van der Waals surface area contributed by atoms with E-state index in [9.17, 15) is 10.1 Å². The molecule has 7 nitrogen and oxygen atoms in total. The quantitative estimate of drug-likeness (QED) is 0.422. The van der Waals surface area contributed by atoms with E-state index in [4.69, 9.17) is 12.2 Å². The van der Waals surface area contributed by atoms with Crippen molar-refractivity contribution >= 4 is 28.7 Å². The second-order valence-corrected chi connectivity index (χ2v) is 6.11. The van der Waals surface area contributed by atoms with Gasteiger partial charge >= 0.3 is 0 Å². The molecule has 1 heterocycles. The molecule has 1 aromatic heterocycles. The topological polar surface area (TPSA) is 76.2 Å². The molecule has 8 heteroatoms. The van der Waals surface area contributed by atoms with Crippen LogP contribution in [-0.4, -0.2) is 31.8 Å². The van der Waals surface area contributed by atoms with Gasteiger partial charge < -0.3 is 10.2 Å². The highest BCUT2D eigenvalue weighted by Crippen LogP contribution is 2.16. The van der Waals surface area contributed by atoms with Crippen LogP contribution >= 0.6 is 12.2 Å².